The molecule has 0 spiro atoms. The Morgan fingerprint density at radius 2 is 1.86 bits per heavy atom. The van der Waals surface area contributed by atoms with Crippen LogP contribution in [0.5, 0.6) is 5.75 Å². The second-order valence-electron chi connectivity index (χ2n) is 8.03. The van der Waals surface area contributed by atoms with E-state index in [-0.39, 0.29) is 17.4 Å². The molecule has 10 heteroatoms. The Balaban J connectivity index is 1.60. The van der Waals surface area contributed by atoms with Gasteiger partial charge in [-0.25, -0.2) is 5.01 Å². The molecule has 1 aliphatic heterocycles. The lowest BCUT2D eigenvalue weighted by Crippen LogP contribution is -2.49. The molecule has 2 N–H and O–H groups in total. The highest BCUT2D eigenvalue weighted by molar-refractivity contribution is 7.80. The molecule has 0 bridgehead atoms. The van der Waals surface area contributed by atoms with Crippen molar-refractivity contribution in [3.05, 3.63) is 76.0 Å². The molecule has 3 amide bonds. The number of ether oxygens (including phenoxy) is 1. The van der Waals surface area contributed by atoms with Crippen LogP contribution in [0.1, 0.15) is 27.2 Å². The van der Waals surface area contributed by atoms with Crippen LogP contribution in [0, 0.1) is 13.8 Å². The molecule has 180 valence electrons. The number of hydrogen-bond donors (Lipinski definition) is 2. The van der Waals surface area contributed by atoms with Crippen molar-refractivity contribution in [1.29, 1.82) is 0 Å². The average molecular weight is 509 g/mol. The summed E-state index contributed by atoms with van der Waals surface area (Å²) in [6, 6.07) is 14.9. The zero-order chi connectivity index (χ0) is 25.1. The van der Waals surface area contributed by atoms with Crippen molar-refractivity contribution in [3.63, 3.8) is 0 Å². The molecule has 35 heavy (non-hydrogen) atoms. The van der Waals surface area contributed by atoms with E-state index in [1.54, 1.807) is 48.9 Å². The van der Waals surface area contributed by atoms with Gasteiger partial charge >= 0.3 is 0 Å². The number of carbonyl (C=O) groups excluding carboxylic acids is 3. The SMILES string of the molecule is COc1ccc(N2C(=O)C(CC(=O)Nc3ccc(C)cc3C)N(NC(=O)c3cccs3)C2=S)cc1. The summed E-state index contributed by atoms with van der Waals surface area (Å²) in [5.74, 6) is -0.572. The molecule has 1 saturated heterocycles. The first kappa shape index (κ1) is 24.4. The minimum Gasteiger partial charge on any atom is -0.497 e. The first-order valence-electron chi connectivity index (χ1n) is 10.8. The van der Waals surface area contributed by atoms with Gasteiger partial charge in [0.05, 0.1) is 24.1 Å². The Hall–Kier alpha value is -3.76. The summed E-state index contributed by atoms with van der Waals surface area (Å²) in [5.41, 5.74) is 5.88. The Labute approximate surface area is 212 Å². The number of hydrazine groups is 1. The maximum Gasteiger partial charge on any atom is 0.279 e. The number of carbonyl (C=O) groups is 3. The Morgan fingerprint density at radius 1 is 1.11 bits per heavy atom. The maximum atomic E-state index is 13.5. The number of methoxy groups -OCH3 is 1. The molecule has 0 aliphatic carbocycles. The van der Waals surface area contributed by atoms with E-state index >= 15 is 0 Å². The number of benzene rings is 2. The number of hydrogen-bond acceptors (Lipinski definition) is 6. The molecule has 2 heterocycles. The summed E-state index contributed by atoms with van der Waals surface area (Å²) in [6.45, 7) is 3.87. The van der Waals surface area contributed by atoms with Crippen molar-refractivity contribution in [3.8, 4) is 5.75 Å². The van der Waals surface area contributed by atoms with E-state index in [0.717, 1.165) is 11.1 Å². The van der Waals surface area contributed by atoms with Crippen LogP contribution in [-0.2, 0) is 9.59 Å². The van der Waals surface area contributed by atoms with E-state index < -0.39 is 17.9 Å². The highest BCUT2D eigenvalue weighted by atomic mass is 32.1. The highest BCUT2D eigenvalue weighted by Gasteiger charge is 2.45. The van der Waals surface area contributed by atoms with Crippen molar-refractivity contribution in [2.45, 2.75) is 26.3 Å². The predicted molar refractivity (Wildman–Crippen MR) is 140 cm³/mol. The largest absolute Gasteiger partial charge is 0.497 e. The summed E-state index contributed by atoms with van der Waals surface area (Å²) in [6.07, 6.45) is -0.205. The van der Waals surface area contributed by atoms with Crippen molar-refractivity contribution >= 4 is 57.8 Å². The van der Waals surface area contributed by atoms with Crippen LogP contribution in [0.15, 0.2) is 60.0 Å². The molecule has 1 aliphatic rings. The standard InChI is InChI=1S/C25H24N4O4S2/c1-15-6-11-19(16(2)13-15)26-22(30)14-20-24(32)28(17-7-9-18(33-3)10-8-17)25(34)29(20)27-23(31)21-5-4-12-35-21/h4-13,20H,14H2,1-3H3,(H,26,30)(H,27,31). The molecular weight excluding hydrogens is 484 g/mol. The molecule has 0 radical (unpaired) electrons. The van der Waals surface area contributed by atoms with Gasteiger partial charge in [-0.15, -0.1) is 11.3 Å². The molecule has 4 rings (SSSR count). The van der Waals surface area contributed by atoms with Gasteiger partial charge in [0.15, 0.2) is 0 Å². The molecule has 2 aromatic carbocycles. The number of nitrogens with one attached hydrogen (secondary N) is 2. The maximum absolute atomic E-state index is 13.5. The summed E-state index contributed by atoms with van der Waals surface area (Å²) < 4.78 is 5.19. The number of thiophene rings is 1. The molecule has 1 aromatic heterocycles. The summed E-state index contributed by atoms with van der Waals surface area (Å²) in [5, 5.41) is 6.02. The van der Waals surface area contributed by atoms with Gasteiger partial charge in [0.1, 0.15) is 11.8 Å². The average Bonchev–Trinajstić information content (AvgIpc) is 3.45. The normalized spacial score (nSPS) is 15.3. The monoisotopic (exact) mass is 508 g/mol. The lowest BCUT2D eigenvalue weighted by molar-refractivity contribution is -0.124. The van der Waals surface area contributed by atoms with Crippen LogP contribution in [0.2, 0.25) is 0 Å². The highest BCUT2D eigenvalue weighted by Crippen LogP contribution is 2.28. The van der Waals surface area contributed by atoms with Crippen LogP contribution >= 0.6 is 23.6 Å². The lowest BCUT2D eigenvalue weighted by Gasteiger charge is -2.24. The fourth-order valence-corrected chi connectivity index (χ4v) is 4.75. The fourth-order valence-electron chi connectivity index (χ4n) is 3.77. The molecule has 0 saturated carbocycles. The van der Waals surface area contributed by atoms with Crippen LogP contribution < -0.4 is 20.4 Å². The minimum atomic E-state index is -1.01. The van der Waals surface area contributed by atoms with Crippen molar-refractivity contribution in [2.75, 3.05) is 17.3 Å². The van der Waals surface area contributed by atoms with Gasteiger partial charge in [-0.1, -0.05) is 23.8 Å². The topological polar surface area (TPSA) is 91.0 Å². The second-order valence-corrected chi connectivity index (χ2v) is 9.34. The van der Waals surface area contributed by atoms with Gasteiger partial charge < -0.3 is 10.1 Å². The van der Waals surface area contributed by atoms with E-state index in [4.69, 9.17) is 17.0 Å². The van der Waals surface area contributed by atoms with Crippen molar-refractivity contribution < 1.29 is 19.1 Å². The smallest absolute Gasteiger partial charge is 0.279 e. The predicted octanol–water partition coefficient (Wildman–Crippen LogP) is 4.05. The third-order valence-electron chi connectivity index (χ3n) is 5.55. The minimum absolute atomic E-state index is 0.0781. The van der Waals surface area contributed by atoms with Gasteiger partial charge in [0.2, 0.25) is 11.0 Å². The van der Waals surface area contributed by atoms with Crippen LogP contribution in [0.3, 0.4) is 0 Å². The van der Waals surface area contributed by atoms with Crippen molar-refractivity contribution in [1.82, 2.24) is 10.4 Å². The fraction of sp³-hybridized carbons (Fsp3) is 0.200. The zero-order valence-corrected chi connectivity index (χ0v) is 21.0. The van der Waals surface area contributed by atoms with Gasteiger partial charge in [-0.2, -0.15) is 0 Å². The quantitative estimate of drug-likeness (QED) is 0.468. The zero-order valence-electron chi connectivity index (χ0n) is 19.4. The number of rotatable bonds is 7. The van der Waals surface area contributed by atoms with E-state index in [1.807, 2.05) is 32.0 Å². The number of nitrogens with zero attached hydrogens (tertiary/aromatic N) is 2. The van der Waals surface area contributed by atoms with Gasteiger partial charge in [-0.3, -0.25) is 24.7 Å². The lowest BCUT2D eigenvalue weighted by atomic mass is 10.1. The summed E-state index contributed by atoms with van der Waals surface area (Å²) >= 11 is 6.85. The van der Waals surface area contributed by atoms with E-state index in [1.165, 1.54) is 21.2 Å². The van der Waals surface area contributed by atoms with Gasteiger partial charge in [0, 0.05) is 5.69 Å². The van der Waals surface area contributed by atoms with Crippen LogP contribution in [0.4, 0.5) is 11.4 Å². The van der Waals surface area contributed by atoms with Crippen LogP contribution in [0.25, 0.3) is 0 Å². The first-order valence-corrected chi connectivity index (χ1v) is 12.1. The molecule has 3 aromatic rings. The molecule has 1 atom stereocenters. The molecule has 1 unspecified atom stereocenters. The van der Waals surface area contributed by atoms with E-state index in [2.05, 4.69) is 10.7 Å². The molecule has 8 nitrogen and oxygen atoms in total. The second kappa shape index (κ2) is 10.2. The van der Waals surface area contributed by atoms with Crippen LogP contribution in [-0.4, -0.2) is 41.0 Å². The number of aryl methyl sites for hydroxylation is 2. The number of anilines is 2. The summed E-state index contributed by atoms with van der Waals surface area (Å²) in [4.78, 5) is 41.0. The Kier molecular flexibility index (Phi) is 7.13. The summed E-state index contributed by atoms with van der Waals surface area (Å²) in [7, 11) is 1.55. The Morgan fingerprint density at radius 3 is 2.49 bits per heavy atom. The van der Waals surface area contributed by atoms with Gasteiger partial charge in [-0.05, 0) is 73.4 Å². The first-order chi connectivity index (χ1) is 16.8. The third kappa shape index (κ3) is 5.18. The van der Waals surface area contributed by atoms with E-state index in [0.29, 0.717) is 22.0 Å². The third-order valence-corrected chi connectivity index (χ3v) is 6.79. The molecule has 1 fully saturated rings. The Bertz CT molecular complexity index is 1280. The van der Waals surface area contributed by atoms with Gasteiger partial charge in [0.25, 0.3) is 11.8 Å². The molecular formula is C25H24N4O4S2. The number of amides is 3. The number of thiocarbonyl (C=S) groups is 1. The van der Waals surface area contributed by atoms with E-state index in [9.17, 15) is 14.4 Å². The van der Waals surface area contributed by atoms with Crippen molar-refractivity contribution in [2.24, 2.45) is 0 Å².